The Hall–Kier alpha value is -1.24. The van der Waals surface area contributed by atoms with Crippen molar-refractivity contribution in [1.82, 2.24) is 14.2 Å². The van der Waals surface area contributed by atoms with Crippen LogP contribution in [-0.4, -0.2) is 67.8 Å². The monoisotopic (exact) mass is 588 g/mol. The number of amides is 1. The molecule has 4 heterocycles. The van der Waals surface area contributed by atoms with Crippen molar-refractivity contribution in [3.05, 3.63) is 39.1 Å². The van der Waals surface area contributed by atoms with Crippen molar-refractivity contribution in [1.29, 1.82) is 0 Å². The summed E-state index contributed by atoms with van der Waals surface area (Å²) in [6.07, 6.45) is 1.09. The number of hydrogen-bond acceptors (Lipinski definition) is 7. The zero-order valence-electron chi connectivity index (χ0n) is 17.6. The number of hydrogen-bond donors (Lipinski definition) is 0. The topological polar surface area (TPSA) is 73.8 Å². The van der Waals surface area contributed by atoms with Crippen LogP contribution in [0.3, 0.4) is 0 Å². The van der Waals surface area contributed by atoms with E-state index in [9.17, 15) is 13.2 Å². The van der Waals surface area contributed by atoms with E-state index in [-0.39, 0.29) is 16.0 Å². The number of sulfonamides is 1. The number of fused-ring (bicyclic) bond motifs is 1. The highest BCUT2D eigenvalue weighted by Crippen LogP contribution is 2.33. The molecule has 0 atom stereocenters. The minimum atomic E-state index is -3.54. The lowest BCUT2D eigenvalue weighted by Crippen LogP contribution is -2.52. The molecule has 2 aliphatic heterocycles. The highest BCUT2D eigenvalue weighted by molar-refractivity contribution is 9.10. The molecule has 0 saturated carbocycles. The number of aromatic nitrogens is 1. The van der Waals surface area contributed by atoms with Crippen LogP contribution in [0.5, 0.6) is 0 Å². The van der Waals surface area contributed by atoms with Gasteiger partial charge in [-0.1, -0.05) is 38.9 Å². The van der Waals surface area contributed by atoms with Crippen LogP contribution in [0, 0.1) is 5.92 Å². The molecule has 0 aliphatic carbocycles. The zero-order chi connectivity index (χ0) is 23.2. The summed E-state index contributed by atoms with van der Waals surface area (Å²) >= 11 is 12.2. The average molecular weight is 590 g/mol. The number of benzene rings is 1. The van der Waals surface area contributed by atoms with Gasteiger partial charge in [-0.3, -0.25) is 4.79 Å². The maximum Gasteiger partial charge on any atom is 0.252 e. The zero-order valence-corrected chi connectivity index (χ0v) is 22.4. The number of carbonyl (C=O) groups is 1. The average Bonchev–Trinajstić information content (AvgIpc) is 3.45. The molecule has 176 valence electrons. The molecule has 0 radical (unpaired) electrons. The van der Waals surface area contributed by atoms with E-state index in [1.165, 1.54) is 4.31 Å². The van der Waals surface area contributed by atoms with Crippen LogP contribution in [0.4, 0.5) is 5.13 Å². The van der Waals surface area contributed by atoms with E-state index in [4.69, 9.17) is 16.6 Å². The second kappa shape index (κ2) is 9.43. The Morgan fingerprint density at radius 2 is 1.76 bits per heavy atom. The summed E-state index contributed by atoms with van der Waals surface area (Å²) in [7, 11) is -3.54. The summed E-state index contributed by atoms with van der Waals surface area (Å²) in [5.74, 6) is 0.00817. The second-order valence-corrected chi connectivity index (χ2v) is 14.0. The molecule has 33 heavy (non-hydrogen) atoms. The number of anilines is 1. The van der Waals surface area contributed by atoms with Gasteiger partial charge >= 0.3 is 0 Å². The van der Waals surface area contributed by atoms with Crippen LogP contribution in [-0.2, 0) is 14.8 Å². The lowest BCUT2D eigenvalue weighted by Gasteiger charge is -2.38. The standard InChI is InChI=1S/C21H22BrClN4O3S3/c22-15-1-2-16-17(13-15)31-21(24-16)26-11-9-25(10-12-26)20(28)14-5-7-27(8-6-14)33(29,30)19-4-3-18(23)32-19/h1-4,13-14H,5-12H2. The Labute approximate surface area is 214 Å². The number of piperazine rings is 1. The quantitative estimate of drug-likeness (QED) is 0.447. The number of rotatable bonds is 4. The van der Waals surface area contributed by atoms with Crippen LogP contribution >= 0.6 is 50.2 Å². The fraction of sp³-hybridized carbons (Fsp3) is 0.429. The Morgan fingerprint density at radius 1 is 1.03 bits per heavy atom. The van der Waals surface area contributed by atoms with E-state index < -0.39 is 10.0 Å². The molecule has 2 aromatic heterocycles. The normalized spacial score (nSPS) is 18.8. The van der Waals surface area contributed by atoms with E-state index in [0.717, 1.165) is 44.2 Å². The summed E-state index contributed by atoms with van der Waals surface area (Å²) in [6.45, 7) is 3.53. The van der Waals surface area contributed by atoms with Gasteiger partial charge in [-0.25, -0.2) is 13.4 Å². The first-order valence-corrected chi connectivity index (χ1v) is 14.9. The lowest BCUT2D eigenvalue weighted by atomic mass is 9.96. The number of thiophene rings is 1. The molecular weight excluding hydrogens is 568 g/mol. The molecule has 2 aliphatic rings. The third kappa shape index (κ3) is 4.81. The van der Waals surface area contributed by atoms with Gasteiger partial charge in [0.05, 0.1) is 14.6 Å². The first-order valence-electron chi connectivity index (χ1n) is 10.7. The SMILES string of the molecule is O=C(C1CCN(S(=O)(=O)c2ccc(Cl)s2)CC1)N1CCN(c2nc3ccc(Br)cc3s2)CC1. The Morgan fingerprint density at radius 3 is 2.42 bits per heavy atom. The van der Waals surface area contributed by atoms with E-state index in [1.54, 1.807) is 23.5 Å². The van der Waals surface area contributed by atoms with Gasteiger partial charge in [-0.15, -0.1) is 11.3 Å². The molecule has 1 amide bonds. The molecule has 1 aromatic carbocycles. The van der Waals surface area contributed by atoms with Crippen LogP contribution in [0.25, 0.3) is 10.2 Å². The Bertz CT molecular complexity index is 1280. The molecular formula is C21H22BrClN4O3S3. The molecule has 2 saturated heterocycles. The van der Waals surface area contributed by atoms with E-state index in [0.29, 0.717) is 43.4 Å². The summed E-state index contributed by atoms with van der Waals surface area (Å²) in [4.78, 5) is 22.0. The highest BCUT2D eigenvalue weighted by Gasteiger charge is 2.35. The second-order valence-electron chi connectivity index (χ2n) is 8.16. The van der Waals surface area contributed by atoms with Crippen LogP contribution < -0.4 is 4.90 Å². The van der Waals surface area contributed by atoms with Crippen molar-refractivity contribution in [3.8, 4) is 0 Å². The molecule has 0 N–H and O–H groups in total. The van der Waals surface area contributed by atoms with Crippen LogP contribution in [0.2, 0.25) is 4.34 Å². The number of halogens is 2. The van der Waals surface area contributed by atoms with Gasteiger partial charge in [-0.05, 0) is 43.2 Å². The first-order chi connectivity index (χ1) is 15.8. The Balaban J connectivity index is 1.16. The van der Waals surface area contributed by atoms with Crippen molar-refractivity contribution in [3.63, 3.8) is 0 Å². The van der Waals surface area contributed by atoms with Gasteiger partial charge in [0.25, 0.3) is 10.0 Å². The van der Waals surface area contributed by atoms with Gasteiger partial charge in [0.15, 0.2) is 5.13 Å². The van der Waals surface area contributed by atoms with Gasteiger partial charge < -0.3 is 9.80 Å². The van der Waals surface area contributed by atoms with Gasteiger partial charge in [-0.2, -0.15) is 4.31 Å². The van der Waals surface area contributed by atoms with E-state index in [2.05, 4.69) is 26.9 Å². The predicted molar refractivity (Wildman–Crippen MR) is 137 cm³/mol. The summed E-state index contributed by atoms with van der Waals surface area (Å²) < 4.78 is 30.0. The third-order valence-electron chi connectivity index (χ3n) is 6.15. The van der Waals surface area contributed by atoms with Gasteiger partial charge in [0.1, 0.15) is 4.21 Å². The minimum Gasteiger partial charge on any atom is -0.345 e. The molecule has 7 nitrogen and oxygen atoms in total. The Kier molecular flexibility index (Phi) is 6.71. The smallest absolute Gasteiger partial charge is 0.252 e. The minimum absolute atomic E-state index is 0.130. The highest BCUT2D eigenvalue weighted by atomic mass is 79.9. The van der Waals surface area contributed by atoms with Gasteiger partial charge in [0, 0.05) is 49.7 Å². The predicted octanol–water partition coefficient (Wildman–Crippen LogP) is 4.52. The summed E-state index contributed by atoms with van der Waals surface area (Å²) in [5.41, 5.74) is 0.989. The largest absolute Gasteiger partial charge is 0.345 e. The van der Waals surface area contributed by atoms with Crippen molar-refractivity contribution >= 4 is 81.5 Å². The lowest BCUT2D eigenvalue weighted by molar-refractivity contribution is -0.137. The molecule has 3 aromatic rings. The number of piperidine rings is 1. The molecule has 0 unspecified atom stereocenters. The van der Waals surface area contributed by atoms with Gasteiger partial charge in [0.2, 0.25) is 5.91 Å². The third-order valence-corrected chi connectivity index (χ3v) is 11.3. The molecule has 2 fully saturated rings. The molecule has 5 rings (SSSR count). The summed E-state index contributed by atoms with van der Waals surface area (Å²) in [6, 6.07) is 9.23. The number of thiazole rings is 1. The molecule has 0 spiro atoms. The van der Waals surface area contributed by atoms with Crippen LogP contribution in [0.1, 0.15) is 12.8 Å². The fourth-order valence-corrected chi connectivity index (χ4v) is 8.98. The number of nitrogens with zero attached hydrogens (tertiary/aromatic N) is 4. The van der Waals surface area contributed by atoms with Crippen molar-refractivity contribution in [2.24, 2.45) is 5.92 Å². The summed E-state index contributed by atoms with van der Waals surface area (Å²) in [5, 5.41) is 0.988. The maximum absolute atomic E-state index is 13.1. The van der Waals surface area contributed by atoms with Crippen LogP contribution in [0.15, 0.2) is 39.0 Å². The maximum atomic E-state index is 13.1. The molecule has 0 bridgehead atoms. The van der Waals surface area contributed by atoms with Crippen molar-refractivity contribution in [2.75, 3.05) is 44.2 Å². The number of carbonyl (C=O) groups excluding carboxylic acids is 1. The molecule has 12 heteroatoms. The van der Waals surface area contributed by atoms with E-state index in [1.807, 2.05) is 17.0 Å². The van der Waals surface area contributed by atoms with E-state index >= 15 is 0 Å². The van der Waals surface area contributed by atoms with Crippen molar-refractivity contribution < 1.29 is 13.2 Å². The van der Waals surface area contributed by atoms with Crippen molar-refractivity contribution in [2.45, 2.75) is 17.1 Å². The first kappa shape index (κ1) is 23.5. The fourth-order valence-electron chi connectivity index (χ4n) is 4.30.